The SMILES string of the molecule is CC1CC(O)(c2ccsc2)C[N@@+]1(C(=O)O)C(=O)C(CS)C(F)(F)F. The Labute approximate surface area is 145 Å². The molecule has 1 aromatic rings. The predicted octanol–water partition coefficient (Wildman–Crippen LogP) is 2.86. The van der Waals surface area contributed by atoms with Gasteiger partial charge in [0.1, 0.15) is 18.2 Å². The van der Waals surface area contributed by atoms with E-state index < -0.39 is 52.5 Å². The third-order valence-corrected chi connectivity index (χ3v) is 5.61. The van der Waals surface area contributed by atoms with Gasteiger partial charge < -0.3 is 10.2 Å². The fourth-order valence-electron chi connectivity index (χ4n) is 3.26. The molecule has 0 bridgehead atoms. The molecule has 4 atom stereocenters. The van der Waals surface area contributed by atoms with Crippen LogP contribution in [0.3, 0.4) is 0 Å². The molecule has 0 aliphatic carbocycles. The predicted molar refractivity (Wildman–Crippen MR) is 83.9 cm³/mol. The van der Waals surface area contributed by atoms with Gasteiger partial charge in [-0.3, -0.25) is 0 Å². The van der Waals surface area contributed by atoms with Gasteiger partial charge in [-0.05, 0) is 23.8 Å². The van der Waals surface area contributed by atoms with E-state index in [9.17, 15) is 33.0 Å². The van der Waals surface area contributed by atoms with Crippen molar-refractivity contribution in [2.24, 2.45) is 5.92 Å². The van der Waals surface area contributed by atoms with Gasteiger partial charge in [0.15, 0.2) is 5.92 Å². The second-order valence-corrected chi connectivity index (χ2v) is 7.17. The number of hydrogen-bond acceptors (Lipinski definition) is 5. The van der Waals surface area contributed by atoms with Gasteiger partial charge in [-0.15, -0.1) is 0 Å². The van der Waals surface area contributed by atoms with E-state index in [1.54, 1.807) is 16.8 Å². The van der Waals surface area contributed by atoms with Gasteiger partial charge in [0.2, 0.25) is 0 Å². The Morgan fingerprint density at radius 3 is 2.58 bits per heavy atom. The standard InChI is InChI=1S/C14H16F3NO4S2/c1-8-4-13(22,9-2-3-24-6-9)7-18(8,12(20)21)11(19)10(5-23)14(15,16)17/h2-3,6,8,10,22H,4-5,7H2,1H3,(H-,20,21,23)/p+1/t8?,10?,13?,18-/m0/s1. The van der Waals surface area contributed by atoms with Crippen LogP contribution in [0.25, 0.3) is 0 Å². The second-order valence-electron chi connectivity index (χ2n) is 6.02. The van der Waals surface area contributed by atoms with Crippen LogP contribution in [-0.4, -0.2) is 51.2 Å². The van der Waals surface area contributed by atoms with Gasteiger partial charge in [0, 0.05) is 17.7 Å². The summed E-state index contributed by atoms with van der Waals surface area (Å²) >= 11 is 4.84. The average Bonchev–Trinajstić information content (AvgIpc) is 3.05. The molecule has 134 valence electrons. The molecule has 2 rings (SSSR count). The Balaban J connectivity index is 2.49. The summed E-state index contributed by atoms with van der Waals surface area (Å²) in [7, 11) is 0. The van der Waals surface area contributed by atoms with Crippen molar-refractivity contribution in [3.05, 3.63) is 22.4 Å². The molecule has 1 aromatic heterocycles. The minimum Gasteiger partial charge on any atom is -0.435 e. The van der Waals surface area contributed by atoms with Crippen LogP contribution < -0.4 is 0 Å². The van der Waals surface area contributed by atoms with E-state index in [0.717, 1.165) is 0 Å². The van der Waals surface area contributed by atoms with E-state index >= 15 is 0 Å². The molecular formula is C14H17F3NO4S2+. The number of amides is 2. The second kappa shape index (κ2) is 6.32. The van der Waals surface area contributed by atoms with Crippen LogP contribution in [-0.2, 0) is 10.4 Å². The van der Waals surface area contributed by atoms with Crippen LogP contribution in [0, 0.1) is 5.92 Å². The zero-order valence-electron chi connectivity index (χ0n) is 12.7. The molecule has 2 N–H and O–H groups in total. The summed E-state index contributed by atoms with van der Waals surface area (Å²) in [5.41, 5.74) is -1.26. The fraction of sp³-hybridized carbons (Fsp3) is 0.571. The van der Waals surface area contributed by atoms with Gasteiger partial charge in [0.25, 0.3) is 0 Å². The number of carbonyl (C=O) groups excluding carboxylic acids is 1. The van der Waals surface area contributed by atoms with Crippen LogP contribution in [0.1, 0.15) is 18.9 Å². The summed E-state index contributed by atoms with van der Waals surface area (Å²) in [6.45, 7) is 0.724. The van der Waals surface area contributed by atoms with Crippen LogP contribution in [0.15, 0.2) is 16.8 Å². The van der Waals surface area contributed by atoms with Gasteiger partial charge in [-0.1, -0.05) is 0 Å². The largest absolute Gasteiger partial charge is 0.521 e. The first-order valence-electron chi connectivity index (χ1n) is 7.07. The highest BCUT2D eigenvalue weighted by Gasteiger charge is 2.66. The van der Waals surface area contributed by atoms with Crippen molar-refractivity contribution in [3.63, 3.8) is 0 Å². The van der Waals surface area contributed by atoms with Crippen molar-refractivity contribution in [2.45, 2.75) is 31.2 Å². The van der Waals surface area contributed by atoms with Crippen molar-refractivity contribution in [1.82, 2.24) is 0 Å². The molecule has 5 nitrogen and oxygen atoms in total. The normalized spacial score (nSPS) is 31.8. The average molecular weight is 384 g/mol. The first-order chi connectivity index (χ1) is 11.0. The highest BCUT2D eigenvalue weighted by molar-refractivity contribution is 7.80. The molecule has 0 aromatic carbocycles. The molecule has 0 saturated carbocycles. The highest BCUT2D eigenvalue weighted by atomic mass is 32.1. The number of thiol groups is 1. The Morgan fingerprint density at radius 1 is 1.54 bits per heavy atom. The quantitative estimate of drug-likeness (QED) is 0.553. The van der Waals surface area contributed by atoms with Crippen molar-refractivity contribution < 1.29 is 37.5 Å². The van der Waals surface area contributed by atoms with Crippen LogP contribution in [0.2, 0.25) is 0 Å². The molecule has 0 spiro atoms. The van der Waals surface area contributed by atoms with E-state index in [1.165, 1.54) is 18.3 Å². The Kier molecular flexibility index (Phi) is 5.06. The van der Waals surface area contributed by atoms with E-state index in [0.29, 0.717) is 5.56 Å². The monoisotopic (exact) mass is 384 g/mol. The number of imide groups is 1. The smallest absolute Gasteiger partial charge is 0.435 e. The molecule has 10 heteroatoms. The number of rotatable bonds is 3. The summed E-state index contributed by atoms with van der Waals surface area (Å²) < 4.78 is 37.9. The number of halogens is 3. The molecule has 3 unspecified atom stereocenters. The first-order valence-corrected chi connectivity index (χ1v) is 8.65. The maximum atomic E-state index is 13.1. The summed E-state index contributed by atoms with van der Waals surface area (Å²) in [5, 5.41) is 23.6. The molecular weight excluding hydrogens is 367 g/mol. The zero-order chi connectivity index (χ0) is 18.3. The lowest BCUT2D eigenvalue weighted by Gasteiger charge is -2.33. The van der Waals surface area contributed by atoms with Crippen molar-refractivity contribution in [1.29, 1.82) is 0 Å². The van der Waals surface area contributed by atoms with Crippen molar-refractivity contribution in [3.8, 4) is 0 Å². The lowest BCUT2D eigenvalue weighted by molar-refractivity contribution is -0.798. The number of alkyl halides is 3. The Bertz CT molecular complexity index is 636. The summed E-state index contributed by atoms with van der Waals surface area (Å²) in [6.07, 6.45) is -6.73. The number of quaternary nitrogens is 1. The third-order valence-electron chi connectivity index (χ3n) is 4.57. The summed E-state index contributed by atoms with van der Waals surface area (Å²) in [4.78, 5) is 24.4. The molecule has 0 radical (unpaired) electrons. The van der Waals surface area contributed by atoms with Crippen LogP contribution >= 0.6 is 24.0 Å². The number of nitrogens with zero attached hydrogens (tertiary/aromatic N) is 1. The van der Waals surface area contributed by atoms with Gasteiger partial charge in [-0.2, -0.15) is 46.4 Å². The fourth-order valence-corrected chi connectivity index (χ4v) is 4.37. The summed E-state index contributed by atoms with van der Waals surface area (Å²) in [5.74, 6) is -4.85. The number of aliphatic hydroxyl groups is 1. The van der Waals surface area contributed by atoms with E-state index in [1.807, 2.05) is 0 Å². The third kappa shape index (κ3) is 2.96. The van der Waals surface area contributed by atoms with Crippen LogP contribution in [0.5, 0.6) is 0 Å². The molecule has 1 aliphatic heterocycles. The van der Waals surface area contributed by atoms with E-state index in [-0.39, 0.29) is 6.42 Å². The molecule has 2 amide bonds. The lowest BCUT2D eigenvalue weighted by atomic mass is 9.94. The lowest BCUT2D eigenvalue weighted by Crippen LogP contribution is -2.63. The van der Waals surface area contributed by atoms with Gasteiger partial charge in [-0.25, -0.2) is 4.79 Å². The number of carbonyl (C=O) groups is 2. The number of hydrogen-bond donors (Lipinski definition) is 3. The Hall–Kier alpha value is -1.10. The molecule has 1 fully saturated rings. The van der Waals surface area contributed by atoms with Crippen molar-refractivity contribution in [2.75, 3.05) is 12.3 Å². The number of likely N-dealkylation sites (tertiary alicyclic amines) is 1. The maximum Gasteiger partial charge on any atom is 0.521 e. The number of carboxylic acid groups (broad SMARTS) is 1. The topological polar surface area (TPSA) is 74.6 Å². The van der Waals surface area contributed by atoms with E-state index in [2.05, 4.69) is 12.6 Å². The minimum absolute atomic E-state index is 0.126. The summed E-state index contributed by atoms with van der Waals surface area (Å²) in [6, 6.07) is 0.563. The molecule has 2 heterocycles. The molecule has 1 saturated heterocycles. The van der Waals surface area contributed by atoms with Gasteiger partial charge >= 0.3 is 18.2 Å². The minimum atomic E-state index is -4.90. The van der Waals surface area contributed by atoms with Crippen molar-refractivity contribution >= 4 is 36.0 Å². The highest BCUT2D eigenvalue weighted by Crippen LogP contribution is 2.44. The van der Waals surface area contributed by atoms with Crippen LogP contribution in [0.4, 0.5) is 18.0 Å². The molecule has 24 heavy (non-hydrogen) atoms. The van der Waals surface area contributed by atoms with Gasteiger partial charge in [0.05, 0.1) is 0 Å². The molecule has 1 aliphatic rings. The first kappa shape index (κ1) is 19.2. The van der Waals surface area contributed by atoms with E-state index in [4.69, 9.17) is 0 Å². The Morgan fingerprint density at radius 2 is 2.17 bits per heavy atom. The zero-order valence-corrected chi connectivity index (χ0v) is 14.4. The maximum absolute atomic E-state index is 13.1. The number of thiophene rings is 1.